The number of hydrogen-bond acceptors (Lipinski definition) is 2. The Morgan fingerprint density at radius 1 is 1.44 bits per heavy atom. The highest BCUT2D eigenvalue weighted by molar-refractivity contribution is 9.10. The molecule has 2 rings (SSSR count). The first-order chi connectivity index (χ1) is 8.50. The first kappa shape index (κ1) is 13.4. The maximum Gasteiger partial charge on any atom is 0.335 e. The van der Waals surface area contributed by atoms with Crippen LogP contribution >= 0.6 is 15.9 Å². The fourth-order valence-corrected chi connectivity index (χ4v) is 3.02. The fourth-order valence-electron chi connectivity index (χ4n) is 2.51. The second-order valence-electron chi connectivity index (χ2n) is 5.37. The Labute approximate surface area is 116 Å². The van der Waals surface area contributed by atoms with Crippen LogP contribution in [-0.4, -0.2) is 17.6 Å². The molecular weight excluding hydrogens is 294 g/mol. The molecule has 1 aromatic carbocycles. The summed E-state index contributed by atoms with van der Waals surface area (Å²) in [6.45, 7) is 3.25. The molecule has 0 radical (unpaired) electrons. The molecule has 1 fully saturated rings. The van der Waals surface area contributed by atoms with Gasteiger partial charge in [0.25, 0.3) is 0 Å². The lowest BCUT2D eigenvalue weighted by molar-refractivity contribution is 0.0697. The lowest BCUT2D eigenvalue weighted by Gasteiger charge is -2.24. The maximum absolute atomic E-state index is 10.8. The van der Waals surface area contributed by atoms with Crippen LogP contribution in [0.5, 0.6) is 0 Å². The van der Waals surface area contributed by atoms with E-state index >= 15 is 0 Å². The lowest BCUT2D eigenvalue weighted by Crippen LogP contribution is -2.23. The van der Waals surface area contributed by atoms with E-state index < -0.39 is 5.97 Å². The molecule has 0 heterocycles. The van der Waals surface area contributed by atoms with Crippen LogP contribution in [0.25, 0.3) is 0 Å². The van der Waals surface area contributed by atoms with Gasteiger partial charge in [0.15, 0.2) is 0 Å². The highest BCUT2D eigenvalue weighted by Gasteiger charge is 2.28. The summed E-state index contributed by atoms with van der Waals surface area (Å²) in [5.74, 6) is -0.898. The molecule has 0 bridgehead atoms. The highest BCUT2D eigenvalue weighted by Crippen LogP contribution is 2.38. The van der Waals surface area contributed by atoms with Crippen molar-refractivity contribution in [2.45, 2.75) is 32.6 Å². The quantitative estimate of drug-likeness (QED) is 0.878. The lowest BCUT2D eigenvalue weighted by atomic mass is 9.89. The highest BCUT2D eigenvalue weighted by atomic mass is 79.9. The summed E-state index contributed by atoms with van der Waals surface area (Å²) in [7, 11) is 0. The van der Waals surface area contributed by atoms with Crippen LogP contribution < -0.4 is 5.32 Å². The van der Waals surface area contributed by atoms with Gasteiger partial charge in [-0.1, -0.05) is 19.8 Å². The van der Waals surface area contributed by atoms with E-state index in [9.17, 15) is 4.79 Å². The third kappa shape index (κ3) is 3.05. The monoisotopic (exact) mass is 311 g/mol. The number of nitrogens with one attached hydrogen (secondary N) is 1. The van der Waals surface area contributed by atoms with Crippen LogP contribution in [0.4, 0.5) is 5.69 Å². The molecule has 1 aliphatic carbocycles. The van der Waals surface area contributed by atoms with Crippen LogP contribution in [0.3, 0.4) is 0 Å². The zero-order valence-electron chi connectivity index (χ0n) is 10.5. The van der Waals surface area contributed by atoms with Gasteiger partial charge < -0.3 is 10.4 Å². The van der Waals surface area contributed by atoms with E-state index in [0.717, 1.165) is 16.7 Å². The molecule has 0 aromatic heterocycles. The molecule has 3 nitrogen and oxygen atoms in total. The van der Waals surface area contributed by atoms with Gasteiger partial charge in [-0.2, -0.15) is 0 Å². The van der Waals surface area contributed by atoms with Crippen molar-refractivity contribution < 1.29 is 9.90 Å². The predicted molar refractivity (Wildman–Crippen MR) is 76.2 cm³/mol. The number of rotatable bonds is 4. The van der Waals surface area contributed by atoms with Crippen molar-refractivity contribution in [2.75, 3.05) is 11.9 Å². The summed E-state index contributed by atoms with van der Waals surface area (Å²) in [6, 6.07) is 5.10. The molecule has 4 heteroatoms. The van der Waals surface area contributed by atoms with Gasteiger partial charge in [-0.3, -0.25) is 0 Å². The van der Waals surface area contributed by atoms with Crippen LogP contribution in [-0.2, 0) is 0 Å². The molecule has 0 amide bonds. The number of carboxylic acid groups (broad SMARTS) is 1. The first-order valence-corrected chi connectivity index (χ1v) is 7.06. The van der Waals surface area contributed by atoms with Crippen molar-refractivity contribution >= 4 is 27.6 Å². The summed E-state index contributed by atoms with van der Waals surface area (Å²) in [5, 5.41) is 12.3. The number of hydrogen-bond donors (Lipinski definition) is 2. The smallest absolute Gasteiger partial charge is 0.335 e. The second kappa shape index (κ2) is 5.31. The molecule has 98 valence electrons. The SMILES string of the molecule is CC1(CNc2ccc(C(=O)O)cc2Br)CCCC1. The molecule has 0 unspecified atom stereocenters. The Bertz CT molecular complexity index is 453. The zero-order valence-corrected chi connectivity index (χ0v) is 12.1. The summed E-state index contributed by atoms with van der Waals surface area (Å²) in [6.07, 6.45) is 5.17. The maximum atomic E-state index is 10.8. The Balaban J connectivity index is 2.03. The largest absolute Gasteiger partial charge is 0.478 e. The average molecular weight is 312 g/mol. The molecule has 1 aromatic rings. The Morgan fingerprint density at radius 3 is 2.67 bits per heavy atom. The molecule has 2 N–H and O–H groups in total. The van der Waals surface area contributed by atoms with Crippen molar-refractivity contribution in [3.8, 4) is 0 Å². The van der Waals surface area contributed by atoms with Crippen molar-refractivity contribution in [3.05, 3.63) is 28.2 Å². The molecule has 0 atom stereocenters. The van der Waals surface area contributed by atoms with Gasteiger partial charge in [0, 0.05) is 16.7 Å². The van der Waals surface area contributed by atoms with Crippen molar-refractivity contribution in [1.82, 2.24) is 0 Å². The summed E-state index contributed by atoms with van der Waals surface area (Å²) in [5.41, 5.74) is 1.65. The molecule has 1 saturated carbocycles. The van der Waals surface area contributed by atoms with Crippen molar-refractivity contribution in [3.63, 3.8) is 0 Å². The summed E-state index contributed by atoms with van der Waals surface area (Å²) in [4.78, 5) is 10.8. The van der Waals surface area contributed by atoms with Crippen LogP contribution in [0.2, 0.25) is 0 Å². The average Bonchev–Trinajstić information content (AvgIpc) is 2.75. The molecule has 1 aliphatic rings. The fraction of sp³-hybridized carbons (Fsp3) is 0.500. The second-order valence-corrected chi connectivity index (χ2v) is 6.23. The van der Waals surface area contributed by atoms with Crippen LogP contribution in [0.15, 0.2) is 22.7 Å². The van der Waals surface area contributed by atoms with E-state index in [1.165, 1.54) is 25.7 Å². The number of carboxylic acids is 1. The third-order valence-electron chi connectivity index (χ3n) is 3.73. The van der Waals surface area contributed by atoms with E-state index in [0.29, 0.717) is 11.0 Å². The van der Waals surface area contributed by atoms with Crippen LogP contribution in [0.1, 0.15) is 43.0 Å². The minimum Gasteiger partial charge on any atom is -0.478 e. The molecular formula is C14H18BrNO2. The van der Waals surface area contributed by atoms with Crippen molar-refractivity contribution in [2.24, 2.45) is 5.41 Å². The van der Waals surface area contributed by atoms with E-state index in [1.807, 2.05) is 6.07 Å². The molecule has 0 aliphatic heterocycles. The number of carbonyl (C=O) groups is 1. The van der Waals surface area contributed by atoms with E-state index in [4.69, 9.17) is 5.11 Å². The van der Waals surface area contributed by atoms with Crippen molar-refractivity contribution in [1.29, 1.82) is 0 Å². The predicted octanol–water partition coefficient (Wildman–Crippen LogP) is 4.14. The Hall–Kier alpha value is -1.03. The Kier molecular flexibility index (Phi) is 3.95. The third-order valence-corrected chi connectivity index (χ3v) is 4.39. The van der Waals surface area contributed by atoms with Gasteiger partial charge in [-0.05, 0) is 52.4 Å². The van der Waals surface area contributed by atoms with Gasteiger partial charge in [-0.15, -0.1) is 0 Å². The number of halogens is 1. The van der Waals surface area contributed by atoms with Gasteiger partial charge >= 0.3 is 5.97 Å². The summed E-state index contributed by atoms with van der Waals surface area (Å²) < 4.78 is 0.809. The standard InChI is InChI=1S/C14H18BrNO2/c1-14(6-2-3-7-14)9-16-12-5-4-10(13(17)18)8-11(12)15/h4-5,8,16H,2-3,6-7,9H2,1H3,(H,17,18). The van der Waals surface area contributed by atoms with Gasteiger partial charge in [0.1, 0.15) is 0 Å². The molecule has 0 saturated heterocycles. The minimum atomic E-state index is -0.898. The van der Waals surface area contributed by atoms with E-state index in [2.05, 4.69) is 28.2 Å². The topological polar surface area (TPSA) is 49.3 Å². The van der Waals surface area contributed by atoms with Gasteiger partial charge in [0.05, 0.1) is 5.56 Å². The van der Waals surface area contributed by atoms with E-state index in [-0.39, 0.29) is 0 Å². The molecule has 18 heavy (non-hydrogen) atoms. The first-order valence-electron chi connectivity index (χ1n) is 6.27. The molecule has 0 spiro atoms. The zero-order chi connectivity index (χ0) is 13.2. The number of benzene rings is 1. The van der Waals surface area contributed by atoms with Crippen LogP contribution in [0, 0.1) is 5.41 Å². The number of aromatic carboxylic acids is 1. The summed E-state index contributed by atoms with van der Waals surface area (Å²) >= 11 is 3.42. The van der Waals surface area contributed by atoms with E-state index in [1.54, 1.807) is 12.1 Å². The van der Waals surface area contributed by atoms with Gasteiger partial charge in [-0.25, -0.2) is 4.79 Å². The minimum absolute atomic E-state index is 0.305. The Morgan fingerprint density at radius 2 is 2.11 bits per heavy atom. The van der Waals surface area contributed by atoms with Gasteiger partial charge in [0.2, 0.25) is 0 Å². The number of anilines is 1. The normalized spacial score (nSPS) is 17.7.